The Balaban J connectivity index is 1.42. The van der Waals surface area contributed by atoms with Gasteiger partial charge in [0.25, 0.3) is 11.8 Å². The van der Waals surface area contributed by atoms with Gasteiger partial charge >= 0.3 is 6.03 Å². The number of nitrogen functional groups attached to an aromatic ring is 1. The van der Waals surface area contributed by atoms with E-state index in [1.54, 1.807) is 42.2 Å². The first-order chi connectivity index (χ1) is 17.6. The summed E-state index contributed by atoms with van der Waals surface area (Å²) in [5, 5.41) is 14.6. The molecule has 2 aromatic rings. The number of imide groups is 1. The van der Waals surface area contributed by atoms with Crippen LogP contribution in [0.25, 0.3) is 6.08 Å². The van der Waals surface area contributed by atoms with Crippen molar-refractivity contribution in [2.24, 2.45) is 0 Å². The molecule has 2 saturated heterocycles. The zero-order chi connectivity index (χ0) is 26.5. The second kappa shape index (κ2) is 8.96. The highest BCUT2D eigenvalue weighted by atomic mass is 16.5. The van der Waals surface area contributed by atoms with Crippen LogP contribution in [-0.4, -0.2) is 71.0 Å². The minimum Gasteiger partial charge on any atom is -0.497 e. The summed E-state index contributed by atoms with van der Waals surface area (Å²) in [6.07, 6.45) is 2.65. The first-order valence-corrected chi connectivity index (χ1v) is 11.8. The number of carbonyl (C=O) groups excluding carboxylic acids is 4. The van der Waals surface area contributed by atoms with Gasteiger partial charge in [0.15, 0.2) is 5.54 Å². The summed E-state index contributed by atoms with van der Waals surface area (Å²) in [5.41, 5.74) is 5.91. The fourth-order valence-corrected chi connectivity index (χ4v) is 4.93. The molecule has 0 aliphatic carbocycles. The first-order valence-electron chi connectivity index (χ1n) is 11.8. The van der Waals surface area contributed by atoms with Crippen LogP contribution in [0.15, 0.2) is 34.8 Å². The quantitative estimate of drug-likeness (QED) is 0.393. The van der Waals surface area contributed by atoms with E-state index < -0.39 is 23.6 Å². The number of nitrogens with one attached hydrogen (secondary N) is 2. The third-order valence-corrected chi connectivity index (χ3v) is 6.93. The molecule has 5 amide bonds. The Labute approximate surface area is 212 Å². The number of carbonyl (C=O) groups is 4. The number of likely N-dealkylation sites (tertiary alicyclic amines) is 1. The van der Waals surface area contributed by atoms with Gasteiger partial charge in [0.05, 0.1) is 31.9 Å². The number of ether oxygens (including phenoxy) is 1. The molecule has 3 aliphatic rings. The molecule has 0 saturated carbocycles. The summed E-state index contributed by atoms with van der Waals surface area (Å²) in [7, 11) is 1.51. The van der Waals surface area contributed by atoms with Gasteiger partial charge in [-0.15, -0.1) is 0 Å². The predicted molar refractivity (Wildman–Crippen MR) is 130 cm³/mol. The Bertz CT molecular complexity index is 1330. The molecular weight excluding hydrogens is 482 g/mol. The number of β-amino-alcohol motifs (C(OH)–C–C–N with tert-alkyl or cyclic N) is 1. The number of nitrogens with zero attached hydrogens (tertiary/aromatic N) is 2. The second-order valence-corrected chi connectivity index (χ2v) is 9.43. The Morgan fingerprint density at radius 3 is 2.73 bits per heavy atom. The van der Waals surface area contributed by atoms with Crippen molar-refractivity contribution in [2.75, 3.05) is 25.9 Å². The average molecular weight is 510 g/mol. The maximum Gasteiger partial charge on any atom is 0.322 e. The van der Waals surface area contributed by atoms with Crippen LogP contribution >= 0.6 is 0 Å². The Kier molecular flexibility index (Phi) is 5.91. The third kappa shape index (κ3) is 4.18. The van der Waals surface area contributed by atoms with E-state index in [0.29, 0.717) is 11.3 Å². The fourth-order valence-electron chi connectivity index (χ4n) is 4.93. The number of anilines is 1. The normalized spacial score (nSPS) is 24.1. The van der Waals surface area contributed by atoms with Crippen molar-refractivity contribution in [1.29, 1.82) is 0 Å². The molecule has 2 fully saturated rings. The standard InChI is InChI=1S/C25H27N5O7/c1-13(30-11-15(31)7-21(30)32)3-6-19-18(26)9-20(37-19)25(23(34)27-24(35)28-25)12-29-10-14-4-5-16(36-2)8-17(14)22(29)33/h3-6,8-9,13,15,31H,7,10-12,26H2,1-2H3,(H2,27,28,34,35). The van der Waals surface area contributed by atoms with Crippen molar-refractivity contribution in [3.8, 4) is 5.75 Å². The minimum atomic E-state index is -1.69. The summed E-state index contributed by atoms with van der Waals surface area (Å²) in [5.74, 6) is -0.319. The van der Waals surface area contributed by atoms with Crippen LogP contribution < -0.4 is 21.1 Å². The van der Waals surface area contributed by atoms with E-state index in [4.69, 9.17) is 14.9 Å². The number of urea groups is 1. The average Bonchev–Trinajstić information content (AvgIpc) is 3.57. The summed E-state index contributed by atoms with van der Waals surface area (Å²) in [6.45, 7) is 2.08. The first kappa shape index (κ1) is 24.4. The van der Waals surface area contributed by atoms with Crippen LogP contribution in [0.2, 0.25) is 0 Å². The zero-order valence-corrected chi connectivity index (χ0v) is 20.3. The van der Waals surface area contributed by atoms with E-state index >= 15 is 0 Å². The van der Waals surface area contributed by atoms with Crippen LogP contribution in [0.3, 0.4) is 0 Å². The molecular formula is C25H27N5O7. The Morgan fingerprint density at radius 1 is 1.30 bits per heavy atom. The zero-order valence-electron chi connectivity index (χ0n) is 20.3. The molecule has 5 N–H and O–H groups in total. The highest BCUT2D eigenvalue weighted by Crippen LogP contribution is 2.35. The van der Waals surface area contributed by atoms with Gasteiger partial charge < -0.3 is 35.1 Å². The van der Waals surface area contributed by atoms with Crippen molar-refractivity contribution in [3.63, 3.8) is 0 Å². The highest BCUT2D eigenvalue weighted by Gasteiger charge is 2.53. The van der Waals surface area contributed by atoms with Gasteiger partial charge in [-0.3, -0.25) is 19.7 Å². The molecule has 0 radical (unpaired) electrons. The number of hydrogen-bond acceptors (Lipinski definition) is 8. The number of hydrogen-bond donors (Lipinski definition) is 4. The van der Waals surface area contributed by atoms with Gasteiger partial charge in [0.2, 0.25) is 5.91 Å². The SMILES string of the molecule is COc1ccc2c(c1)C(=O)N(CC1(c3cc(N)c(C=CC(C)N4CC(O)CC4=O)o3)NC(=O)NC1=O)C2. The third-order valence-electron chi connectivity index (χ3n) is 6.93. The molecule has 194 valence electrons. The van der Waals surface area contributed by atoms with Crippen LogP contribution in [0, 0.1) is 0 Å². The molecule has 4 heterocycles. The Hall–Kier alpha value is -4.32. The second-order valence-electron chi connectivity index (χ2n) is 9.43. The van der Waals surface area contributed by atoms with Crippen LogP contribution in [0.4, 0.5) is 10.5 Å². The highest BCUT2D eigenvalue weighted by molar-refractivity contribution is 6.08. The van der Waals surface area contributed by atoms with E-state index in [-0.39, 0.29) is 61.1 Å². The monoisotopic (exact) mass is 509 g/mol. The lowest BCUT2D eigenvalue weighted by Gasteiger charge is -2.29. The lowest BCUT2D eigenvalue weighted by molar-refractivity contribution is -0.128. The lowest BCUT2D eigenvalue weighted by Crippen LogP contribution is -2.52. The molecule has 1 aromatic heterocycles. The topological polar surface area (TPSA) is 167 Å². The number of nitrogens with two attached hydrogens (primary N) is 1. The molecule has 3 unspecified atom stereocenters. The Morgan fingerprint density at radius 2 is 2.08 bits per heavy atom. The van der Waals surface area contributed by atoms with Gasteiger partial charge in [-0.25, -0.2) is 4.79 Å². The van der Waals surface area contributed by atoms with E-state index in [1.807, 2.05) is 0 Å². The van der Waals surface area contributed by atoms with Gasteiger partial charge in [-0.2, -0.15) is 0 Å². The number of furan rings is 1. The summed E-state index contributed by atoms with van der Waals surface area (Å²) >= 11 is 0. The molecule has 0 spiro atoms. The summed E-state index contributed by atoms with van der Waals surface area (Å²) in [6, 6.07) is 5.55. The number of benzene rings is 1. The smallest absolute Gasteiger partial charge is 0.322 e. The van der Waals surface area contributed by atoms with Crippen LogP contribution in [-0.2, 0) is 21.7 Å². The number of methoxy groups -OCH3 is 1. The number of fused-ring (bicyclic) bond motifs is 1. The lowest BCUT2D eigenvalue weighted by atomic mass is 9.95. The van der Waals surface area contributed by atoms with Crippen molar-refractivity contribution in [1.82, 2.24) is 20.4 Å². The van der Waals surface area contributed by atoms with Gasteiger partial charge in [0, 0.05) is 30.8 Å². The molecule has 12 heteroatoms. The van der Waals surface area contributed by atoms with Crippen molar-refractivity contribution >= 4 is 35.5 Å². The van der Waals surface area contributed by atoms with E-state index in [0.717, 1.165) is 5.56 Å². The van der Waals surface area contributed by atoms with Crippen molar-refractivity contribution in [2.45, 2.75) is 37.6 Å². The summed E-state index contributed by atoms with van der Waals surface area (Å²) < 4.78 is 11.2. The largest absolute Gasteiger partial charge is 0.497 e. The number of amides is 5. The molecule has 0 bridgehead atoms. The molecule has 3 aliphatic heterocycles. The number of rotatable bonds is 7. The minimum absolute atomic E-state index is 0.0645. The molecule has 12 nitrogen and oxygen atoms in total. The van der Waals surface area contributed by atoms with Crippen LogP contribution in [0.1, 0.15) is 40.8 Å². The molecule has 37 heavy (non-hydrogen) atoms. The van der Waals surface area contributed by atoms with E-state index in [9.17, 15) is 24.3 Å². The summed E-state index contributed by atoms with van der Waals surface area (Å²) in [4.78, 5) is 53.5. The molecule has 5 rings (SSSR count). The molecule has 1 aromatic carbocycles. The van der Waals surface area contributed by atoms with Gasteiger partial charge in [0.1, 0.15) is 17.3 Å². The van der Waals surface area contributed by atoms with Crippen molar-refractivity contribution < 1.29 is 33.4 Å². The maximum atomic E-state index is 13.1. The number of aliphatic hydroxyl groups excluding tert-OH is 1. The van der Waals surface area contributed by atoms with Gasteiger partial charge in [-0.05, 0) is 30.7 Å². The number of aliphatic hydroxyl groups is 1. The fraction of sp³-hybridized carbons (Fsp3) is 0.360. The molecule has 3 atom stereocenters. The van der Waals surface area contributed by atoms with E-state index in [2.05, 4.69) is 10.6 Å². The van der Waals surface area contributed by atoms with Gasteiger partial charge in [-0.1, -0.05) is 12.1 Å². The maximum absolute atomic E-state index is 13.1. The predicted octanol–water partition coefficient (Wildman–Crippen LogP) is 0.556. The van der Waals surface area contributed by atoms with Crippen molar-refractivity contribution in [3.05, 3.63) is 53.0 Å². The van der Waals surface area contributed by atoms with E-state index in [1.165, 1.54) is 18.1 Å². The van der Waals surface area contributed by atoms with Crippen LogP contribution in [0.5, 0.6) is 5.75 Å².